The van der Waals surface area contributed by atoms with Gasteiger partial charge in [0, 0.05) is 16.8 Å². The molecule has 0 aliphatic heterocycles. The van der Waals surface area contributed by atoms with Crippen LogP contribution in [-0.2, 0) is 0 Å². The Hall–Kier alpha value is -2.57. The molecule has 0 spiro atoms. The van der Waals surface area contributed by atoms with Crippen molar-refractivity contribution in [2.45, 2.75) is 6.92 Å². The fourth-order valence-corrected chi connectivity index (χ4v) is 1.82. The van der Waals surface area contributed by atoms with E-state index in [9.17, 15) is 4.79 Å². The van der Waals surface area contributed by atoms with Gasteiger partial charge in [0.05, 0.1) is 6.54 Å². The second-order valence-corrected chi connectivity index (χ2v) is 4.36. The molecule has 0 unspecified atom stereocenters. The summed E-state index contributed by atoms with van der Waals surface area (Å²) >= 11 is 0. The third-order valence-corrected chi connectivity index (χ3v) is 2.85. The number of hydrogen-bond acceptors (Lipinski definition) is 2. The summed E-state index contributed by atoms with van der Waals surface area (Å²) in [6.45, 7) is 2.21. The third kappa shape index (κ3) is 3.47. The summed E-state index contributed by atoms with van der Waals surface area (Å²) in [5, 5.41) is 2.87. The summed E-state index contributed by atoms with van der Waals surface area (Å²) in [5.41, 5.74) is 8.45. The van der Waals surface area contributed by atoms with Gasteiger partial charge in [0.1, 0.15) is 0 Å². The number of aryl methyl sites for hydroxylation is 1. The van der Waals surface area contributed by atoms with Gasteiger partial charge in [0.15, 0.2) is 0 Å². The van der Waals surface area contributed by atoms with Crippen molar-refractivity contribution in [1.82, 2.24) is 0 Å². The number of carbonyl (C=O) groups excluding carboxylic acids is 1. The molecule has 0 radical (unpaired) electrons. The van der Waals surface area contributed by atoms with Crippen LogP contribution in [0.3, 0.4) is 0 Å². The summed E-state index contributed by atoms with van der Waals surface area (Å²) in [4.78, 5) is 12.3. The number of para-hydroxylation sites is 1. The molecule has 0 aliphatic carbocycles. The average molecular weight is 264 g/mol. The number of carbonyl (C=O) groups is 1. The minimum atomic E-state index is -0.134. The fourth-order valence-electron chi connectivity index (χ4n) is 1.82. The predicted octanol–water partition coefficient (Wildman–Crippen LogP) is 2.56. The summed E-state index contributed by atoms with van der Waals surface area (Å²) in [6.07, 6.45) is 0. The number of nitrogens with one attached hydrogen (secondary N) is 1. The lowest BCUT2D eigenvalue weighted by molar-refractivity contribution is 0.102. The zero-order valence-corrected chi connectivity index (χ0v) is 11.3. The minimum absolute atomic E-state index is 0.134. The number of rotatable bonds is 2. The molecule has 0 heterocycles. The fraction of sp³-hybridized carbons (Fsp3) is 0.118. The number of hydrogen-bond donors (Lipinski definition) is 2. The number of nitrogens with two attached hydrogens (primary N) is 1. The quantitative estimate of drug-likeness (QED) is 0.819. The van der Waals surface area contributed by atoms with Gasteiger partial charge in [-0.25, -0.2) is 0 Å². The Morgan fingerprint density at radius 1 is 1.20 bits per heavy atom. The van der Waals surface area contributed by atoms with Crippen molar-refractivity contribution in [3.05, 3.63) is 65.2 Å². The summed E-state index contributed by atoms with van der Waals surface area (Å²) < 4.78 is 0. The highest BCUT2D eigenvalue weighted by atomic mass is 16.1. The van der Waals surface area contributed by atoms with Crippen LogP contribution < -0.4 is 11.1 Å². The van der Waals surface area contributed by atoms with Crippen LogP contribution in [-0.4, -0.2) is 12.5 Å². The van der Waals surface area contributed by atoms with E-state index < -0.39 is 0 Å². The van der Waals surface area contributed by atoms with Crippen molar-refractivity contribution in [3.8, 4) is 11.8 Å². The van der Waals surface area contributed by atoms with E-state index in [0.717, 1.165) is 16.8 Å². The maximum atomic E-state index is 12.3. The number of amides is 1. The standard InChI is InChI=1S/C17H16N2O/c1-13-9-10-14(6-5-11-18)12-16(13)17(20)19-15-7-3-2-4-8-15/h2-4,7-10,12H,11,18H2,1H3,(H,19,20). The molecule has 3 nitrogen and oxygen atoms in total. The molecular formula is C17H16N2O. The van der Waals surface area contributed by atoms with Crippen LogP contribution >= 0.6 is 0 Å². The van der Waals surface area contributed by atoms with E-state index in [-0.39, 0.29) is 5.91 Å². The van der Waals surface area contributed by atoms with Crippen LogP contribution in [0.2, 0.25) is 0 Å². The Morgan fingerprint density at radius 2 is 1.95 bits per heavy atom. The van der Waals surface area contributed by atoms with Crippen molar-refractivity contribution >= 4 is 11.6 Å². The molecule has 0 bridgehead atoms. The Morgan fingerprint density at radius 3 is 2.65 bits per heavy atom. The Labute approximate surface area is 118 Å². The molecule has 0 atom stereocenters. The van der Waals surface area contributed by atoms with E-state index >= 15 is 0 Å². The predicted molar refractivity (Wildman–Crippen MR) is 81.5 cm³/mol. The van der Waals surface area contributed by atoms with Crippen LogP contribution in [0.25, 0.3) is 0 Å². The van der Waals surface area contributed by atoms with E-state index in [1.54, 1.807) is 6.07 Å². The molecule has 1 amide bonds. The largest absolute Gasteiger partial charge is 0.322 e. The summed E-state index contributed by atoms with van der Waals surface area (Å²) in [5.74, 6) is 5.59. The van der Waals surface area contributed by atoms with Crippen molar-refractivity contribution in [3.63, 3.8) is 0 Å². The van der Waals surface area contributed by atoms with Gasteiger partial charge >= 0.3 is 0 Å². The van der Waals surface area contributed by atoms with Crippen LogP contribution in [0.15, 0.2) is 48.5 Å². The van der Waals surface area contributed by atoms with E-state index in [4.69, 9.17) is 5.73 Å². The highest BCUT2D eigenvalue weighted by Gasteiger charge is 2.09. The van der Waals surface area contributed by atoms with Gasteiger partial charge in [-0.2, -0.15) is 0 Å². The molecule has 20 heavy (non-hydrogen) atoms. The molecule has 0 aromatic heterocycles. The molecule has 100 valence electrons. The lowest BCUT2D eigenvalue weighted by Crippen LogP contribution is -2.13. The van der Waals surface area contributed by atoms with Crippen molar-refractivity contribution in [1.29, 1.82) is 0 Å². The van der Waals surface area contributed by atoms with Gasteiger partial charge in [-0.05, 0) is 36.8 Å². The first-order chi connectivity index (χ1) is 9.70. The SMILES string of the molecule is Cc1ccc(C#CCN)cc1C(=O)Nc1ccccc1. The van der Waals surface area contributed by atoms with Crippen LogP contribution in [0, 0.1) is 18.8 Å². The Bertz CT molecular complexity index is 666. The molecule has 2 rings (SSSR count). The van der Waals surface area contributed by atoms with Crippen LogP contribution in [0.1, 0.15) is 21.5 Å². The van der Waals surface area contributed by atoms with Crippen LogP contribution in [0.4, 0.5) is 5.69 Å². The van der Waals surface area contributed by atoms with Gasteiger partial charge in [0.25, 0.3) is 5.91 Å². The molecule has 0 saturated carbocycles. The van der Waals surface area contributed by atoms with E-state index in [1.807, 2.05) is 49.4 Å². The zero-order valence-electron chi connectivity index (χ0n) is 11.3. The number of benzene rings is 2. The van der Waals surface area contributed by atoms with E-state index in [2.05, 4.69) is 17.2 Å². The highest BCUT2D eigenvalue weighted by Crippen LogP contribution is 2.14. The van der Waals surface area contributed by atoms with Gasteiger partial charge in [-0.3, -0.25) is 4.79 Å². The van der Waals surface area contributed by atoms with E-state index in [0.29, 0.717) is 12.1 Å². The smallest absolute Gasteiger partial charge is 0.255 e. The maximum Gasteiger partial charge on any atom is 0.255 e. The minimum Gasteiger partial charge on any atom is -0.322 e. The molecule has 3 N–H and O–H groups in total. The zero-order chi connectivity index (χ0) is 14.4. The van der Waals surface area contributed by atoms with Crippen LogP contribution in [0.5, 0.6) is 0 Å². The molecule has 0 fully saturated rings. The molecule has 3 heteroatoms. The normalized spacial score (nSPS) is 9.50. The lowest BCUT2D eigenvalue weighted by Gasteiger charge is -2.08. The first-order valence-electron chi connectivity index (χ1n) is 6.36. The van der Waals surface area contributed by atoms with Crippen molar-refractivity contribution in [2.24, 2.45) is 5.73 Å². The second-order valence-electron chi connectivity index (χ2n) is 4.36. The summed E-state index contributed by atoms with van der Waals surface area (Å²) in [7, 11) is 0. The van der Waals surface area contributed by atoms with Gasteiger partial charge < -0.3 is 11.1 Å². The summed E-state index contributed by atoms with van der Waals surface area (Å²) in [6, 6.07) is 14.9. The van der Waals surface area contributed by atoms with Gasteiger partial charge in [-0.15, -0.1) is 0 Å². The van der Waals surface area contributed by atoms with Gasteiger partial charge in [0.2, 0.25) is 0 Å². The maximum absolute atomic E-state index is 12.3. The van der Waals surface area contributed by atoms with E-state index in [1.165, 1.54) is 0 Å². The molecule has 2 aromatic carbocycles. The second kappa shape index (κ2) is 6.55. The Balaban J connectivity index is 2.25. The third-order valence-electron chi connectivity index (χ3n) is 2.85. The topological polar surface area (TPSA) is 55.1 Å². The first-order valence-corrected chi connectivity index (χ1v) is 6.36. The Kier molecular flexibility index (Phi) is 4.54. The molecule has 2 aromatic rings. The highest BCUT2D eigenvalue weighted by molar-refractivity contribution is 6.05. The first kappa shape index (κ1) is 13.9. The number of anilines is 1. The molecular weight excluding hydrogens is 248 g/mol. The van der Waals surface area contributed by atoms with Gasteiger partial charge in [-0.1, -0.05) is 36.1 Å². The van der Waals surface area contributed by atoms with Crippen molar-refractivity contribution in [2.75, 3.05) is 11.9 Å². The van der Waals surface area contributed by atoms with Crippen molar-refractivity contribution < 1.29 is 4.79 Å². The average Bonchev–Trinajstić information content (AvgIpc) is 2.47. The monoisotopic (exact) mass is 264 g/mol. The molecule has 0 saturated heterocycles. The lowest BCUT2D eigenvalue weighted by atomic mass is 10.0. The molecule has 0 aliphatic rings.